The number of nitrogens with zero attached hydrogens (tertiary/aromatic N) is 1. The first-order valence-corrected chi connectivity index (χ1v) is 8.58. The first-order chi connectivity index (χ1) is 12.0. The van der Waals surface area contributed by atoms with E-state index in [1.54, 1.807) is 18.9 Å². The van der Waals surface area contributed by atoms with Crippen molar-refractivity contribution in [2.75, 3.05) is 40.5 Å². The second-order valence-corrected chi connectivity index (χ2v) is 5.84. The van der Waals surface area contributed by atoms with Crippen molar-refractivity contribution in [3.8, 4) is 5.75 Å². The van der Waals surface area contributed by atoms with Gasteiger partial charge in [0.25, 0.3) is 0 Å². The average Bonchev–Trinajstić information content (AvgIpc) is 2.63. The smallest absolute Gasteiger partial charge is 0.310 e. The maximum Gasteiger partial charge on any atom is 0.310 e. The summed E-state index contributed by atoms with van der Waals surface area (Å²) in [4.78, 5) is 26.1. The van der Waals surface area contributed by atoms with Crippen molar-refractivity contribution in [2.45, 2.75) is 26.7 Å². The van der Waals surface area contributed by atoms with Gasteiger partial charge in [0, 0.05) is 26.3 Å². The molecule has 0 heterocycles. The molecule has 1 rings (SSSR count). The summed E-state index contributed by atoms with van der Waals surface area (Å²) in [6.07, 6.45) is 1.02. The maximum atomic E-state index is 12.7. The van der Waals surface area contributed by atoms with E-state index in [1.165, 1.54) is 7.11 Å². The van der Waals surface area contributed by atoms with Crippen LogP contribution in [0.25, 0.3) is 0 Å². The summed E-state index contributed by atoms with van der Waals surface area (Å²) in [5.74, 6) is 0.0606. The molecule has 140 valence electrons. The summed E-state index contributed by atoms with van der Waals surface area (Å²) in [7, 11) is 2.96. The van der Waals surface area contributed by atoms with Crippen LogP contribution in [0.1, 0.15) is 25.8 Å². The van der Waals surface area contributed by atoms with Crippen LogP contribution in [0.3, 0.4) is 0 Å². The molecule has 1 amide bonds. The third kappa shape index (κ3) is 7.56. The molecule has 0 saturated heterocycles. The summed E-state index contributed by atoms with van der Waals surface area (Å²) in [5, 5.41) is 0. The number of hydrogen-bond acceptors (Lipinski definition) is 5. The number of carbonyl (C=O) groups excluding carboxylic acids is 2. The Morgan fingerprint density at radius 1 is 1.16 bits per heavy atom. The standard InChI is InChI=1S/C19H29NO5/c1-5-25-12-6-11-20(14-15(2)19(22)24-4)18(21)13-16-7-9-17(23-3)10-8-16/h7-10,15H,5-6,11-14H2,1-4H3. The minimum Gasteiger partial charge on any atom is -0.497 e. The summed E-state index contributed by atoms with van der Waals surface area (Å²) < 4.78 is 15.2. The van der Waals surface area contributed by atoms with Crippen LogP contribution in [0.2, 0.25) is 0 Å². The Labute approximate surface area is 150 Å². The van der Waals surface area contributed by atoms with Gasteiger partial charge < -0.3 is 19.1 Å². The molecule has 6 nitrogen and oxygen atoms in total. The maximum absolute atomic E-state index is 12.7. The van der Waals surface area contributed by atoms with Gasteiger partial charge in [-0.3, -0.25) is 9.59 Å². The Balaban J connectivity index is 2.69. The number of benzene rings is 1. The molecule has 0 radical (unpaired) electrons. The largest absolute Gasteiger partial charge is 0.497 e. The number of carbonyl (C=O) groups is 2. The van der Waals surface area contributed by atoms with E-state index in [0.717, 1.165) is 17.7 Å². The summed E-state index contributed by atoms with van der Waals surface area (Å²) in [5.41, 5.74) is 0.909. The molecule has 0 aliphatic heterocycles. The fourth-order valence-corrected chi connectivity index (χ4v) is 2.46. The zero-order valence-corrected chi connectivity index (χ0v) is 15.6. The molecule has 1 aromatic rings. The molecule has 1 aromatic carbocycles. The number of methoxy groups -OCH3 is 2. The number of esters is 1. The lowest BCUT2D eigenvalue weighted by atomic mass is 10.1. The van der Waals surface area contributed by atoms with Crippen molar-refractivity contribution in [2.24, 2.45) is 5.92 Å². The highest BCUT2D eigenvalue weighted by molar-refractivity contribution is 5.80. The molecule has 0 bridgehead atoms. The van der Waals surface area contributed by atoms with Gasteiger partial charge in [-0.2, -0.15) is 0 Å². The normalized spacial score (nSPS) is 11.7. The predicted octanol–water partition coefficient (Wildman–Crippen LogP) is 2.30. The second-order valence-electron chi connectivity index (χ2n) is 5.84. The summed E-state index contributed by atoms with van der Waals surface area (Å²) in [6.45, 7) is 5.84. The van der Waals surface area contributed by atoms with Crippen LogP contribution < -0.4 is 4.74 Å². The molecule has 1 atom stereocenters. The molecule has 0 aliphatic carbocycles. The zero-order chi connectivity index (χ0) is 18.7. The van der Waals surface area contributed by atoms with E-state index in [0.29, 0.717) is 26.3 Å². The Morgan fingerprint density at radius 3 is 2.40 bits per heavy atom. The summed E-state index contributed by atoms with van der Waals surface area (Å²) >= 11 is 0. The van der Waals surface area contributed by atoms with Crippen LogP contribution in [-0.2, 0) is 25.5 Å². The van der Waals surface area contributed by atoms with Crippen molar-refractivity contribution in [3.63, 3.8) is 0 Å². The molecule has 0 aliphatic rings. The third-order valence-corrected chi connectivity index (χ3v) is 3.89. The van der Waals surface area contributed by atoms with Gasteiger partial charge in [0.15, 0.2) is 0 Å². The lowest BCUT2D eigenvalue weighted by Crippen LogP contribution is -2.39. The van der Waals surface area contributed by atoms with E-state index in [4.69, 9.17) is 14.2 Å². The monoisotopic (exact) mass is 351 g/mol. The molecule has 0 spiro atoms. The van der Waals surface area contributed by atoms with Gasteiger partial charge in [0.1, 0.15) is 5.75 Å². The molecule has 0 aromatic heterocycles. The highest BCUT2D eigenvalue weighted by atomic mass is 16.5. The van der Waals surface area contributed by atoms with Crippen molar-refractivity contribution in [3.05, 3.63) is 29.8 Å². The first-order valence-electron chi connectivity index (χ1n) is 8.58. The zero-order valence-electron chi connectivity index (χ0n) is 15.6. The van der Waals surface area contributed by atoms with Crippen molar-refractivity contribution < 1.29 is 23.8 Å². The lowest BCUT2D eigenvalue weighted by molar-refractivity contribution is -0.146. The average molecular weight is 351 g/mol. The highest BCUT2D eigenvalue weighted by Gasteiger charge is 2.21. The Kier molecular flexibility index (Phi) is 9.62. The first kappa shape index (κ1) is 21.0. The number of amides is 1. The Bertz CT molecular complexity index is 529. The van der Waals surface area contributed by atoms with Gasteiger partial charge in [-0.05, 0) is 31.0 Å². The number of ether oxygens (including phenoxy) is 3. The van der Waals surface area contributed by atoms with Crippen molar-refractivity contribution >= 4 is 11.9 Å². The van der Waals surface area contributed by atoms with E-state index >= 15 is 0 Å². The van der Waals surface area contributed by atoms with E-state index in [2.05, 4.69) is 0 Å². The molecule has 25 heavy (non-hydrogen) atoms. The van der Waals surface area contributed by atoms with Crippen LogP contribution in [0.5, 0.6) is 5.75 Å². The Hall–Kier alpha value is -2.08. The highest BCUT2D eigenvalue weighted by Crippen LogP contribution is 2.13. The van der Waals surface area contributed by atoms with Crippen LogP contribution in [-0.4, -0.2) is 57.3 Å². The van der Waals surface area contributed by atoms with E-state index < -0.39 is 0 Å². The van der Waals surface area contributed by atoms with Crippen LogP contribution in [0.15, 0.2) is 24.3 Å². The fraction of sp³-hybridized carbons (Fsp3) is 0.579. The molecule has 6 heteroatoms. The molecular formula is C19H29NO5. The SMILES string of the molecule is CCOCCCN(CC(C)C(=O)OC)C(=O)Cc1ccc(OC)cc1. The van der Waals surface area contributed by atoms with Crippen LogP contribution in [0, 0.1) is 5.92 Å². The van der Waals surface area contributed by atoms with Gasteiger partial charge in [-0.25, -0.2) is 0 Å². The second kappa shape index (κ2) is 11.5. The van der Waals surface area contributed by atoms with Crippen LogP contribution >= 0.6 is 0 Å². The predicted molar refractivity (Wildman–Crippen MR) is 95.6 cm³/mol. The van der Waals surface area contributed by atoms with E-state index in [1.807, 2.05) is 31.2 Å². The molecule has 0 fully saturated rings. The summed E-state index contributed by atoms with van der Waals surface area (Å²) in [6, 6.07) is 7.41. The van der Waals surface area contributed by atoms with Crippen molar-refractivity contribution in [1.82, 2.24) is 4.90 Å². The van der Waals surface area contributed by atoms with Gasteiger partial charge >= 0.3 is 5.97 Å². The molecular weight excluding hydrogens is 322 g/mol. The van der Waals surface area contributed by atoms with E-state index in [9.17, 15) is 9.59 Å². The minimum absolute atomic E-state index is 0.0163. The number of rotatable bonds is 11. The van der Waals surface area contributed by atoms with Crippen molar-refractivity contribution in [1.29, 1.82) is 0 Å². The van der Waals surface area contributed by atoms with Crippen LogP contribution in [0.4, 0.5) is 0 Å². The topological polar surface area (TPSA) is 65.1 Å². The van der Waals surface area contributed by atoms with Gasteiger partial charge in [-0.15, -0.1) is 0 Å². The lowest BCUT2D eigenvalue weighted by Gasteiger charge is -2.25. The molecule has 1 unspecified atom stereocenters. The Morgan fingerprint density at radius 2 is 1.84 bits per heavy atom. The van der Waals surface area contributed by atoms with Gasteiger partial charge in [0.2, 0.25) is 5.91 Å². The van der Waals surface area contributed by atoms with Gasteiger partial charge in [0.05, 0.1) is 26.6 Å². The minimum atomic E-state index is -0.364. The number of hydrogen-bond donors (Lipinski definition) is 0. The molecule has 0 saturated carbocycles. The van der Waals surface area contributed by atoms with Gasteiger partial charge in [-0.1, -0.05) is 19.1 Å². The quantitative estimate of drug-likeness (QED) is 0.452. The fourth-order valence-electron chi connectivity index (χ4n) is 2.46. The van der Waals surface area contributed by atoms with E-state index in [-0.39, 0.29) is 24.2 Å². The third-order valence-electron chi connectivity index (χ3n) is 3.89. The molecule has 0 N–H and O–H groups in total.